The maximum atomic E-state index is 12.8. The number of likely N-dealkylation sites (tertiary alicyclic amines) is 1. The van der Waals surface area contributed by atoms with Crippen molar-refractivity contribution in [3.63, 3.8) is 0 Å². The summed E-state index contributed by atoms with van der Waals surface area (Å²) in [5.41, 5.74) is 0.309. The van der Waals surface area contributed by atoms with Gasteiger partial charge in [0, 0.05) is 32.3 Å². The van der Waals surface area contributed by atoms with E-state index in [-0.39, 0.29) is 23.7 Å². The Morgan fingerprint density at radius 2 is 2.28 bits per heavy atom. The maximum Gasteiger partial charge on any atom is 0.257 e. The molecule has 3 atom stereocenters. The monoisotopic (exact) mass is 342 g/mol. The van der Waals surface area contributed by atoms with Crippen molar-refractivity contribution in [2.45, 2.75) is 43.4 Å². The first-order valence-corrected chi connectivity index (χ1v) is 8.68. The fourth-order valence-corrected chi connectivity index (χ4v) is 4.15. The van der Waals surface area contributed by atoms with Crippen LogP contribution in [0.15, 0.2) is 47.4 Å². The van der Waals surface area contributed by atoms with Crippen LogP contribution < -0.4 is 4.74 Å². The zero-order valence-electron chi connectivity index (χ0n) is 14.3. The summed E-state index contributed by atoms with van der Waals surface area (Å²) < 4.78 is 17.0. The highest BCUT2D eigenvalue weighted by Gasteiger charge is 2.53. The minimum atomic E-state index is -0.274. The first-order chi connectivity index (χ1) is 12.2. The van der Waals surface area contributed by atoms with E-state index in [1.165, 1.54) is 12.5 Å². The summed E-state index contributed by atoms with van der Waals surface area (Å²) in [5, 5.41) is 0. The third-order valence-electron chi connectivity index (χ3n) is 5.50. The third kappa shape index (κ3) is 2.91. The topological polar surface area (TPSA) is 64.8 Å². The fraction of sp³-hybridized carbons (Fsp3) is 0.474. The molecule has 4 rings (SSSR count). The molecule has 0 radical (unpaired) electrons. The van der Waals surface area contributed by atoms with Crippen molar-refractivity contribution in [1.29, 1.82) is 0 Å². The zero-order chi connectivity index (χ0) is 17.3. The van der Waals surface area contributed by atoms with E-state index in [0.29, 0.717) is 18.0 Å². The number of fused-ring (bicyclic) bond motifs is 1. The standard InChI is InChI=1S/C19H22N2O4/c1-23-19-7-5-15(25-17-4-2-3-9-20-17)12-16(19)21(10-8-19)18(22)14-6-11-24-13-14/h2-4,6,9,11,13,15-16H,5,7-8,10,12H2,1H3/t15-,16-,19+/m0/s1. The molecule has 6 nitrogen and oxygen atoms in total. The lowest BCUT2D eigenvalue weighted by molar-refractivity contribution is -0.0788. The SMILES string of the molecule is CO[C@@]12CC[C@H](Oc3ccccn3)C[C@@H]1N(C(=O)c1ccoc1)CC2. The van der Waals surface area contributed by atoms with Gasteiger partial charge in [-0.3, -0.25) is 4.79 Å². The number of methoxy groups -OCH3 is 1. The number of furan rings is 1. The molecule has 2 aromatic rings. The second kappa shape index (κ2) is 6.52. The number of rotatable bonds is 4. The van der Waals surface area contributed by atoms with Crippen molar-refractivity contribution in [3.05, 3.63) is 48.6 Å². The lowest BCUT2D eigenvalue weighted by Crippen LogP contribution is -2.53. The van der Waals surface area contributed by atoms with Gasteiger partial charge in [-0.1, -0.05) is 6.07 Å². The van der Waals surface area contributed by atoms with Gasteiger partial charge in [-0.2, -0.15) is 0 Å². The van der Waals surface area contributed by atoms with Crippen LogP contribution in [-0.2, 0) is 4.74 Å². The number of pyridine rings is 1. The van der Waals surface area contributed by atoms with Crippen LogP contribution in [0.25, 0.3) is 0 Å². The van der Waals surface area contributed by atoms with Crippen LogP contribution in [0.4, 0.5) is 0 Å². The molecule has 1 aliphatic carbocycles. The average Bonchev–Trinajstić information content (AvgIpc) is 3.30. The van der Waals surface area contributed by atoms with E-state index in [1.54, 1.807) is 19.4 Å². The zero-order valence-corrected chi connectivity index (χ0v) is 14.3. The van der Waals surface area contributed by atoms with Crippen molar-refractivity contribution in [2.24, 2.45) is 0 Å². The van der Waals surface area contributed by atoms with Crippen molar-refractivity contribution < 1.29 is 18.7 Å². The molecule has 3 heterocycles. The highest BCUT2D eigenvalue weighted by molar-refractivity contribution is 5.94. The normalized spacial score (nSPS) is 28.6. The van der Waals surface area contributed by atoms with Gasteiger partial charge < -0.3 is 18.8 Å². The van der Waals surface area contributed by atoms with Crippen LogP contribution in [0.1, 0.15) is 36.0 Å². The van der Waals surface area contributed by atoms with Gasteiger partial charge in [0.05, 0.1) is 23.5 Å². The number of nitrogens with zero attached hydrogens (tertiary/aromatic N) is 2. The molecule has 0 spiro atoms. The molecule has 0 unspecified atom stereocenters. The predicted molar refractivity (Wildman–Crippen MR) is 90.4 cm³/mol. The van der Waals surface area contributed by atoms with Gasteiger partial charge in [0.15, 0.2) is 0 Å². The molecule has 1 aliphatic heterocycles. The number of amides is 1. The summed E-state index contributed by atoms with van der Waals surface area (Å²) in [5.74, 6) is 0.624. The Balaban J connectivity index is 1.53. The Labute approximate surface area is 146 Å². The molecular formula is C19H22N2O4. The van der Waals surface area contributed by atoms with Crippen LogP contribution in [-0.4, -0.2) is 47.2 Å². The minimum Gasteiger partial charge on any atom is -0.474 e. The molecule has 132 valence electrons. The van der Waals surface area contributed by atoms with Gasteiger partial charge in [0.1, 0.15) is 12.4 Å². The molecule has 0 bridgehead atoms. The second-order valence-electron chi connectivity index (χ2n) is 6.73. The molecule has 2 aliphatic rings. The lowest BCUT2D eigenvalue weighted by atomic mass is 9.79. The Hall–Kier alpha value is -2.34. The highest BCUT2D eigenvalue weighted by atomic mass is 16.5. The van der Waals surface area contributed by atoms with Crippen molar-refractivity contribution in [3.8, 4) is 5.88 Å². The number of aromatic nitrogens is 1. The molecule has 0 aromatic carbocycles. The molecule has 6 heteroatoms. The van der Waals surface area contributed by atoms with Crippen LogP contribution in [0, 0.1) is 0 Å². The van der Waals surface area contributed by atoms with Crippen LogP contribution in [0.2, 0.25) is 0 Å². The number of carbonyl (C=O) groups is 1. The first kappa shape index (κ1) is 16.1. The molecule has 2 aromatic heterocycles. The Morgan fingerprint density at radius 1 is 1.36 bits per heavy atom. The summed E-state index contributed by atoms with van der Waals surface area (Å²) in [6, 6.07) is 7.35. The van der Waals surface area contributed by atoms with Gasteiger partial charge in [0.2, 0.25) is 5.88 Å². The van der Waals surface area contributed by atoms with Gasteiger partial charge in [-0.05, 0) is 31.4 Å². The largest absolute Gasteiger partial charge is 0.474 e. The Morgan fingerprint density at radius 3 is 3.00 bits per heavy atom. The van der Waals surface area contributed by atoms with Crippen molar-refractivity contribution in [2.75, 3.05) is 13.7 Å². The van der Waals surface area contributed by atoms with Gasteiger partial charge in [0.25, 0.3) is 5.91 Å². The summed E-state index contributed by atoms with van der Waals surface area (Å²) in [4.78, 5) is 19.0. The summed E-state index contributed by atoms with van der Waals surface area (Å²) in [7, 11) is 1.75. The molecule has 25 heavy (non-hydrogen) atoms. The smallest absolute Gasteiger partial charge is 0.257 e. The summed E-state index contributed by atoms with van der Waals surface area (Å²) in [6.45, 7) is 0.693. The first-order valence-electron chi connectivity index (χ1n) is 8.68. The van der Waals surface area contributed by atoms with Crippen molar-refractivity contribution in [1.82, 2.24) is 9.88 Å². The van der Waals surface area contributed by atoms with E-state index in [0.717, 1.165) is 25.7 Å². The van der Waals surface area contributed by atoms with E-state index >= 15 is 0 Å². The van der Waals surface area contributed by atoms with E-state index in [4.69, 9.17) is 13.9 Å². The number of ether oxygens (including phenoxy) is 2. The van der Waals surface area contributed by atoms with Crippen LogP contribution >= 0.6 is 0 Å². The number of carbonyl (C=O) groups excluding carboxylic acids is 1. The van der Waals surface area contributed by atoms with E-state index in [9.17, 15) is 4.79 Å². The highest BCUT2D eigenvalue weighted by Crippen LogP contribution is 2.43. The molecule has 0 N–H and O–H groups in total. The van der Waals surface area contributed by atoms with Gasteiger partial charge in [-0.25, -0.2) is 4.98 Å². The Bertz CT molecular complexity index is 718. The average molecular weight is 342 g/mol. The van der Waals surface area contributed by atoms with Gasteiger partial charge in [-0.15, -0.1) is 0 Å². The van der Waals surface area contributed by atoms with Crippen molar-refractivity contribution >= 4 is 5.91 Å². The second-order valence-corrected chi connectivity index (χ2v) is 6.73. The van der Waals surface area contributed by atoms with E-state index < -0.39 is 0 Å². The number of hydrogen-bond donors (Lipinski definition) is 0. The lowest BCUT2D eigenvalue weighted by Gasteiger charge is -2.43. The number of hydrogen-bond acceptors (Lipinski definition) is 5. The quantitative estimate of drug-likeness (QED) is 0.855. The molecule has 2 fully saturated rings. The van der Waals surface area contributed by atoms with Gasteiger partial charge >= 0.3 is 0 Å². The van der Waals surface area contributed by atoms with Crippen LogP contribution in [0.3, 0.4) is 0 Å². The fourth-order valence-electron chi connectivity index (χ4n) is 4.15. The van der Waals surface area contributed by atoms with E-state index in [2.05, 4.69) is 4.98 Å². The van der Waals surface area contributed by atoms with Crippen LogP contribution in [0.5, 0.6) is 5.88 Å². The maximum absolute atomic E-state index is 12.8. The molecule has 1 saturated heterocycles. The summed E-state index contributed by atoms with van der Waals surface area (Å²) >= 11 is 0. The Kier molecular flexibility index (Phi) is 4.21. The minimum absolute atomic E-state index is 0.00219. The summed E-state index contributed by atoms with van der Waals surface area (Å²) in [6.07, 6.45) is 8.15. The molecule has 1 saturated carbocycles. The van der Waals surface area contributed by atoms with E-state index in [1.807, 2.05) is 23.1 Å². The third-order valence-corrected chi connectivity index (χ3v) is 5.50. The predicted octanol–water partition coefficient (Wildman–Crippen LogP) is 2.91. The molecule has 1 amide bonds. The molecular weight excluding hydrogens is 320 g/mol.